The van der Waals surface area contributed by atoms with Crippen LogP contribution in [0.25, 0.3) is 0 Å². The van der Waals surface area contributed by atoms with Gasteiger partial charge < -0.3 is 25.0 Å². The number of nitrogens with one attached hydrogen (secondary N) is 2. The first-order chi connectivity index (χ1) is 13.8. The van der Waals surface area contributed by atoms with Gasteiger partial charge in [0.2, 0.25) is 0 Å². The molecule has 29 heavy (non-hydrogen) atoms. The van der Waals surface area contributed by atoms with Crippen LogP contribution in [0.15, 0.2) is 22.5 Å². The molecule has 2 N–H and O–H groups in total. The monoisotopic (exact) mass is 536 g/mol. The van der Waals surface area contributed by atoms with E-state index in [2.05, 4.69) is 40.0 Å². The molecule has 0 bridgehead atoms. The molecule has 166 valence electrons. The fraction of sp³-hybridized carbons (Fsp3) is 0.762. The van der Waals surface area contributed by atoms with Crippen molar-refractivity contribution >= 4 is 46.3 Å². The van der Waals surface area contributed by atoms with E-state index in [0.29, 0.717) is 12.0 Å². The predicted octanol–water partition coefficient (Wildman–Crippen LogP) is 3.72. The van der Waals surface area contributed by atoms with Crippen LogP contribution in [0, 0.1) is 5.92 Å². The number of hydrogen-bond donors (Lipinski definition) is 2. The third-order valence-electron chi connectivity index (χ3n) is 5.41. The number of piperidine rings is 1. The van der Waals surface area contributed by atoms with Gasteiger partial charge in [0.05, 0.1) is 5.00 Å². The number of guanidine groups is 1. The molecule has 2 saturated heterocycles. The average molecular weight is 537 g/mol. The first-order valence-electron chi connectivity index (χ1n) is 10.8. The van der Waals surface area contributed by atoms with Crippen molar-refractivity contribution in [1.29, 1.82) is 0 Å². The zero-order valence-electron chi connectivity index (χ0n) is 17.6. The summed E-state index contributed by atoms with van der Waals surface area (Å²) in [7, 11) is 0. The quantitative estimate of drug-likeness (QED) is 0.218. The number of rotatable bonds is 9. The maximum Gasteiger partial charge on any atom is 0.191 e. The van der Waals surface area contributed by atoms with E-state index in [4.69, 9.17) is 14.5 Å². The van der Waals surface area contributed by atoms with Crippen molar-refractivity contribution in [3.05, 3.63) is 17.5 Å². The summed E-state index contributed by atoms with van der Waals surface area (Å²) in [6.07, 6.45) is 5.54. The molecule has 6 nitrogen and oxygen atoms in total. The number of hydrogen-bond acceptors (Lipinski definition) is 5. The second-order valence-electron chi connectivity index (χ2n) is 7.60. The van der Waals surface area contributed by atoms with Crippen LogP contribution >= 0.6 is 35.3 Å². The van der Waals surface area contributed by atoms with Gasteiger partial charge in [-0.1, -0.05) is 0 Å². The highest BCUT2D eigenvalue weighted by atomic mass is 127. The summed E-state index contributed by atoms with van der Waals surface area (Å²) >= 11 is 1.83. The molecule has 2 aliphatic rings. The Morgan fingerprint density at radius 3 is 2.76 bits per heavy atom. The molecule has 2 fully saturated rings. The molecule has 0 radical (unpaired) electrons. The third-order valence-corrected chi connectivity index (χ3v) is 6.34. The van der Waals surface area contributed by atoms with E-state index >= 15 is 0 Å². The van der Waals surface area contributed by atoms with E-state index in [1.54, 1.807) is 0 Å². The predicted molar refractivity (Wildman–Crippen MR) is 133 cm³/mol. The minimum absolute atomic E-state index is 0. The molecule has 2 aliphatic heterocycles. The van der Waals surface area contributed by atoms with Gasteiger partial charge >= 0.3 is 0 Å². The summed E-state index contributed by atoms with van der Waals surface area (Å²) in [5.74, 6) is 1.62. The largest absolute Gasteiger partial charge is 0.381 e. The lowest BCUT2D eigenvalue weighted by Crippen LogP contribution is -2.48. The van der Waals surface area contributed by atoms with Crippen LogP contribution in [0.3, 0.4) is 0 Å². The summed E-state index contributed by atoms with van der Waals surface area (Å²) in [4.78, 5) is 7.23. The zero-order chi connectivity index (χ0) is 19.4. The Labute approximate surface area is 196 Å². The Balaban J connectivity index is 0.00000300. The van der Waals surface area contributed by atoms with E-state index in [1.807, 2.05) is 11.3 Å². The maximum absolute atomic E-state index is 5.84. The number of nitrogens with zero attached hydrogens (tertiary/aromatic N) is 2. The molecule has 0 aromatic carbocycles. The molecule has 3 heterocycles. The number of anilines is 1. The fourth-order valence-electron chi connectivity index (χ4n) is 3.73. The standard InChI is InChI=1S/C21H36N4O2S.HI/c1-2-22-21(23-10-4-13-27-17-18-8-14-26-15-9-18)24-19-6-11-25(12-7-19)20-5-3-16-28-20;/h3,5,16,18-19H,2,4,6-15,17H2,1H3,(H2,22,23,24);1H. The van der Waals surface area contributed by atoms with Gasteiger partial charge in [0.1, 0.15) is 0 Å². The number of ether oxygens (including phenoxy) is 2. The molecular weight excluding hydrogens is 499 g/mol. The third kappa shape index (κ3) is 8.98. The summed E-state index contributed by atoms with van der Waals surface area (Å²) in [5.41, 5.74) is 0. The molecule has 0 atom stereocenters. The lowest BCUT2D eigenvalue weighted by Gasteiger charge is -2.33. The lowest BCUT2D eigenvalue weighted by atomic mass is 10.0. The Kier molecular flexibility index (Phi) is 12.3. The van der Waals surface area contributed by atoms with Gasteiger partial charge in [0, 0.05) is 58.6 Å². The van der Waals surface area contributed by atoms with Crippen molar-refractivity contribution in [1.82, 2.24) is 10.6 Å². The summed E-state index contributed by atoms with van der Waals surface area (Å²) in [6.45, 7) is 9.47. The van der Waals surface area contributed by atoms with E-state index in [-0.39, 0.29) is 24.0 Å². The van der Waals surface area contributed by atoms with Gasteiger partial charge in [0.25, 0.3) is 0 Å². The lowest BCUT2D eigenvalue weighted by molar-refractivity contribution is 0.0205. The molecule has 0 aliphatic carbocycles. The van der Waals surface area contributed by atoms with Gasteiger partial charge in [-0.25, -0.2) is 0 Å². The first kappa shape index (κ1) is 24.7. The normalized spacial score (nSPS) is 19.1. The second-order valence-corrected chi connectivity index (χ2v) is 8.53. The van der Waals surface area contributed by atoms with E-state index in [0.717, 1.165) is 90.7 Å². The highest BCUT2D eigenvalue weighted by Crippen LogP contribution is 2.24. The SMILES string of the molecule is CCNC(=NCCCOCC1CCOCC1)NC1CCN(c2cccs2)CC1.I. The molecule has 0 unspecified atom stereocenters. The van der Waals surface area contributed by atoms with Crippen LogP contribution in [0.1, 0.15) is 39.0 Å². The smallest absolute Gasteiger partial charge is 0.191 e. The molecule has 3 rings (SSSR count). The topological polar surface area (TPSA) is 58.1 Å². The number of aliphatic imine (C=N–C) groups is 1. The second kappa shape index (κ2) is 14.4. The maximum atomic E-state index is 5.84. The molecule has 1 aromatic rings. The number of thiophene rings is 1. The van der Waals surface area contributed by atoms with Crippen molar-refractivity contribution in [3.63, 3.8) is 0 Å². The minimum Gasteiger partial charge on any atom is -0.381 e. The molecule has 0 spiro atoms. The Morgan fingerprint density at radius 1 is 1.28 bits per heavy atom. The summed E-state index contributed by atoms with van der Waals surface area (Å²) in [5, 5.41) is 10.6. The first-order valence-corrected chi connectivity index (χ1v) is 11.7. The van der Waals surface area contributed by atoms with Crippen molar-refractivity contribution in [3.8, 4) is 0 Å². The van der Waals surface area contributed by atoms with Crippen LogP contribution in [0.5, 0.6) is 0 Å². The molecule has 0 amide bonds. The minimum atomic E-state index is 0. The van der Waals surface area contributed by atoms with Gasteiger partial charge in [0.15, 0.2) is 5.96 Å². The molecule has 0 saturated carbocycles. The van der Waals surface area contributed by atoms with Crippen LogP contribution in [0.4, 0.5) is 5.00 Å². The average Bonchev–Trinajstić information content (AvgIpc) is 3.27. The van der Waals surface area contributed by atoms with Gasteiger partial charge in [-0.3, -0.25) is 4.99 Å². The Hall–Kier alpha value is -0.580. The van der Waals surface area contributed by atoms with Crippen molar-refractivity contribution in [2.24, 2.45) is 10.9 Å². The van der Waals surface area contributed by atoms with Crippen LogP contribution in [-0.2, 0) is 9.47 Å². The van der Waals surface area contributed by atoms with E-state index in [1.165, 1.54) is 5.00 Å². The van der Waals surface area contributed by atoms with Crippen molar-refractivity contribution in [2.45, 2.75) is 45.1 Å². The number of halogens is 1. The van der Waals surface area contributed by atoms with Crippen LogP contribution in [0.2, 0.25) is 0 Å². The Bertz CT molecular complexity index is 559. The Morgan fingerprint density at radius 2 is 2.07 bits per heavy atom. The van der Waals surface area contributed by atoms with Crippen molar-refractivity contribution < 1.29 is 9.47 Å². The van der Waals surface area contributed by atoms with Gasteiger partial charge in [-0.15, -0.1) is 35.3 Å². The summed E-state index contributed by atoms with van der Waals surface area (Å²) in [6, 6.07) is 4.85. The van der Waals surface area contributed by atoms with E-state index < -0.39 is 0 Å². The van der Waals surface area contributed by atoms with E-state index in [9.17, 15) is 0 Å². The summed E-state index contributed by atoms with van der Waals surface area (Å²) < 4.78 is 11.2. The fourth-order valence-corrected chi connectivity index (χ4v) is 4.51. The molecule has 8 heteroatoms. The highest BCUT2D eigenvalue weighted by Gasteiger charge is 2.20. The zero-order valence-corrected chi connectivity index (χ0v) is 20.8. The van der Waals surface area contributed by atoms with Crippen molar-refractivity contribution in [2.75, 3.05) is 57.5 Å². The van der Waals surface area contributed by atoms with Crippen LogP contribution < -0.4 is 15.5 Å². The van der Waals surface area contributed by atoms with Gasteiger partial charge in [-0.2, -0.15) is 0 Å². The van der Waals surface area contributed by atoms with Crippen LogP contribution in [-0.4, -0.2) is 64.6 Å². The molecular formula is C21H37IN4O2S. The van der Waals surface area contributed by atoms with Gasteiger partial charge in [-0.05, 0) is 62.5 Å². The highest BCUT2D eigenvalue weighted by molar-refractivity contribution is 14.0. The molecule has 1 aromatic heterocycles.